The van der Waals surface area contributed by atoms with Gasteiger partial charge in [0.15, 0.2) is 0 Å². The Bertz CT molecular complexity index is 571. The molecule has 2 saturated heterocycles. The molecule has 0 radical (unpaired) electrons. The van der Waals surface area contributed by atoms with Gasteiger partial charge in [-0.2, -0.15) is 0 Å². The number of hydrogen-bond donors (Lipinski definition) is 0. The lowest BCUT2D eigenvalue weighted by molar-refractivity contribution is -0.138. The Morgan fingerprint density at radius 1 is 1.38 bits per heavy atom. The number of rotatable bonds is 7. The molecule has 0 aromatic carbocycles. The highest BCUT2D eigenvalue weighted by Crippen LogP contribution is 2.42. The number of likely N-dealkylation sites (tertiary alicyclic amines) is 1. The normalized spacial score (nSPS) is 22.3. The highest BCUT2D eigenvalue weighted by molar-refractivity contribution is 5.78. The van der Waals surface area contributed by atoms with E-state index in [4.69, 9.17) is 9.47 Å². The summed E-state index contributed by atoms with van der Waals surface area (Å²) in [5, 5.41) is 0. The number of nitrogens with zero attached hydrogens (tertiary/aromatic N) is 3. The number of pyridine rings is 1. The zero-order chi connectivity index (χ0) is 18.4. The van der Waals surface area contributed by atoms with Crippen molar-refractivity contribution in [3.05, 3.63) is 30.1 Å². The molecule has 6 heteroatoms. The molecule has 144 valence electrons. The first-order valence-corrected chi connectivity index (χ1v) is 9.63. The van der Waals surface area contributed by atoms with Crippen LogP contribution in [0.1, 0.15) is 31.4 Å². The van der Waals surface area contributed by atoms with Crippen LogP contribution < -0.4 is 0 Å². The van der Waals surface area contributed by atoms with Crippen molar-refractivity contribution in [1.29, 1.82) is 0 Å². The first kappa shape index (κ1) is 19.3. The van der Waals surface area contributed by atoms with Gasteiger partial charge < -0.3 is 19.3 Å². The second-order valence-electron chi connectivity index (χ2n) is 7.68. The molecule has 1 aromatic heterocycles. The molecule has 0 N–H and O–H groups in total. The van der Waals surface area contributed by atoms with Crippen LogP contribution in [-0.2, 0) is 20.9 Å². The zero-order valence-corrected chi connectivity index (χ0v) is 16.0. The van der Waals surface area contributed by atoms with Gasteiger partial charge in [0.2, 0.25) is 5.91 Å². The standard InChI is InChI=1S/C20H31N3O3/c1-22(2)15-19(24)23-11-8-20(9-12-23)17(7-14-26-20)6-13-25-16-18-5-3-4-10-21-18/h3-5,10,17H,6-9,11-16H2,1-2H3/t17-/m1/s1. The van der Waals surface area contributed by atoms with Gasteiger partial charge in [-0.15, -0.1) is 0 Å². The summed E-state index contributed by atoms with van der Waals surface area (Å²) in [6.45, 7) is 4.22. The molecular formula is C20H31N3O3. The lowest BCUT2D eigenvalue weighted by Crippen LogP contribution is -2.51. The minimum atomic E-state index is -0.0523. The molecule has 26 heavy (non-hydrogen) atoms. The third kappa shape index (κ3) is 4.81. The van der Waals surface area contributed by atoms with Gasteiger partial charge in [-0.05, 0) is 57.8 Å². The van der Waals surface area contributed by atoms with E-state index in [0.29, 0.717) is 19.1 Å². The van der Waals surface area contributed by atoms with Crippen LogP contribution in [0.15, 0.2) is 24.4 Å². The molecule has 1 aromatic rings. The van der Waals surface area contributed by atoms with Gasteiger partial charge >= 0.3 is 0 Å². The van der Waals surface area contributed by atoms with Gasteiger partial charge in [0.25, 0.3) is 0 Å². The zero-order valence-electron chi connectivity index (χ0n) is 16.0. The van der Waals surface area contributed by atoms with Gasteiger partial charge in [0.05, 0.1) is 24.4 Å². The van der Waals surface area contributed by atoms with E-state index in [0.717, 1.165) is 57.7 Å². The third-order valence-corrected chi connectivity index (χ3v) is 5.60. The first-order chi connectivity index (χ1) is 12.6. The third-order valence-electron chi connectivity index (χ3n) is 5.60. The van der Waals surface area contributed by atoms with E-state index in [2.05, 4.69) is 4.98 Å². The summed E-state index contributed by atoms with van der Waals surface area (Å²) in [5.41, 5.74) is 0.918. The van der Waals surface area contributed by atoms with Crippen molar-refractivity contribution in [2.24, 2.45) is 5.92 Å². The van der Waals surface area contributed by atoms with Crippen LogP contribution in [0.4, 0.5) is 0 Å². The van der Waals surface area contributed by atoms with Crippen molar-refractivity contribution in [3.8, 4) is 0 Å². The summed E-state index contributed by atoms with van der Waals surface area (Å²) in [6, 6.07) is 5.89. The van der Waals surface area contributed by atoms with Crippen LogP contribution in [0.3, 0.4) is 0 Å². The number of piperidine rings is 1. The van der Waals surface area contributed by atoms with Crippen molar-refractivity contribution in [3.63, 3.8) is 0 Å². The van der Waals surface area contributed by atoms with Crippen LogP contribution >= 0.6 is 0 Å². The maximum atomic E-state index is 12.3. The number of carbonyl (C=O) groups is 1. The highest BCUT2D eigenvalue weighted by atomic mass is 16.5. The van der Waals surface area contributed by atoms with Gasteiger partial charge in [0, 0.05) is 32.5 Å². The van der Waals surface area contributed by atoms with E-state index in [1.165, 1.54) is 0 Å². The predicted octanol–water partition coefficient (Wildman–Crippen LogP) is 1.95. The molecule has 2 aliphatic rings. The Labute approximate surface area is 156 Å². The van der Waals surface area contributed by atoms with E-state index < -0.39 is 0 Å². The Hall–Kier alpha value is -1.50. The van der Waals surface area contributed by atoms with E-state index in [-0.39, 0.29) is 11.5 Å². The summed E-state index contributed by atoms with van der Waals surface area (Å²) < 4.78 is 12.0. The Balaban J connectivity index is 1.44. The SMILES string of the molecule is CN(C)CC(=O)N1CCC2(CC1)OCC[C@H]2CCOCc1ccccn1. The topological polar surface area (TPSA) is 54.9 Å². The van der Waals surface area contributed by atoms with E-state index in [9.17, 15) is 4.79 Å². The largest absolute Gasteiger partial charge is 0.375 e. The number of amides is 1. The Morgan fingerprint density at radius 3 is 2.88 bits per heavy atom. The van der Waals surface area contributed by atoms with E-state index in [1.54, 1.807) is 6.20 Å². The highest BCUT2D eigenvalue weighted by Gasteiger charge is 2.46. The average molecular weight is 361 g/mol. The number of ether oxygens (including phenoxy) is 2. The number of carbonyl (C=O) groups excluding carboxylic acids is 1. The number of aromatic nitrogens is 1. The first-order valence-electron chi connectivity index (χ1n) is 9.63. The van der Waals surface area contributed by atoms with Crippen molar-refractivity contribution >= 4 is 5.91 Å². The summed E-state index contributed by atoms with van der Waals surface area (Å²) in [5.74, 6) is 0.746. The molecule has 2 aliphatic heterocycles. The van der Waals surface area contributed by atoms with Crippen molar-refractivity contribution in [1.82, 2.24) is 14.8 Å². The van der Waals surface area contributed by atoms with Crippen molar-refractivity contribution in [2.75, 3.05) is 46.9 Å². The van der Waals surface area contributed by atoms with Gasteiger partial charge in [-0.3, -0.25) is 9.78 Å². The quantitative estimate of drug-likeness (QED) is 0.695. The average Bonchev–Trinajstić information content (AvgIpc) is 3.01. The van der Waals surface area contributed by atoms with E-state index in [1.807, 2.05) is 42.1 Å². The van der Waals surface area contributed by atoms with E-state index >= 15 is 0 Å². The fourth-order valence-electron chi connectivity index (χ4n) is 4.14. The van der Waals surface area contributed by atoms with Gasteiger partial charge in [-0.25, -0.2) is 0 Å². The molecule has 1 amide bonds. The summed E-state index contributed by atoms with van der Waals surface area (Å²) >= 11 is 0. The van der Waals surface area contributed by atoms with Gasteiger partial charge in [-0.1, -0.05) is 6.07 Å². The van der Waals surface area contributed by atoms with Crippen LogP contribution in [0, 0.1) is 5.92 Å². The fourth-order valence-corrected chi connectivity index (χ4v) is 4.14. The van der Waals surface area contributed by atoms with Crippen LogP contribution in [0.25, 0.3) is 0 Å². The van der Waals surface area contributed by atoms with Crippen LogP contribution in [0.5, 0.6) is 0 Å². The van der Waals surface area contributed by atoms with Crippen LogP contribution in [0.2, 0.25) is 0 Å². The monoisotopic (exact) mass is 361 g/mol. The molecule has 1 atom stereocenters. The molecule has 0 saturated carbocycles. The Morgan fingerprint density at radius 2 is 2.19 bits per heavy atom. The van der Waals surface area contributed by atoms with Crippen molar-refractivity contribution in [2.45, 2.75) is 37.9 Å². The van der Waals surface area contributed by atoms with Crippen LogP contribution in [-0.4, -0.2) is 73.2 Å². The Kier molecular flexibility index (Phi) is 6.62. The molecule has 6 nitrogen and oxygen atoms in total. The minimum absolute atomic E-state index is 0.0523. The molecule has 3 heterocycles. The molecular weight excluding hydrogens is 330 g/mol. The lowest BCUT2D eigenvalue weighted by atomic mass is 9.78. The number of likely N-dealkylation sites (N-methyl/N-ethyl adjacent to an activating group) is 1. The maximum Gasteiger partial charge on any atom is 0.236 e. The molecule has 3 rings (SSSR count). The molecule has 0 aliphatic carbocycles. The molecule has 1 spiro atoms. The molecule has 0 unspecified atom stereocenters. The molecule has 2 fully saturated rings. The second-order valence-corrected chi connectivity index (χ2v) is 7.68. The second kappa shape index (κ2) is 8.93. The number of hydrogen-bond acceptors (Lipinski definition) is 5. The van der Waals surface area contributed by atoms with Gasteiger partial charge in [0.1, 0.15) is 0 Å². The predicted molar refractivity (Wildman–Crippen MR) is 99.7 cm³/mol. The smallest absolute Gasteiger partial charge is 0.236 e. The summed E-state index contributed by atoms with van der Waals surface area (Å²) in [7, 11) is 3.87. The lowest BCUT2D eigenvalue weighted by Gasteiger charge is -2.42. The maximum absolute atomic E-state index is 12.3. The van der Waals surface area contributed by atoms with Crippen molar-refractivity contribution < 1.29 is 14.3 Å². The summed E-state index contributed by atoms with van der Waals surface area (Å²) in [4.78, 5) is 20.5. The minimum Gasteiger partial charge on any atom is -0.375 e. The summed E-state index contributed by atoms with van der Waals surface area (Å²) in [6.07, 6.45) is 5.79. The fraction of sp³-hybridized carbons (Fsp3) is 0.700. The molecule has 0 bridgehead atoms.